The van der Waals surface area contributed by atoms with Crippen molar-refractivity contribution in [3.05, 3.63) is 24.0 Å². The molecule has 0 aliphatic rings. The van der Waals surface area contributed by atoms with Crippen LogP contribution in [-0.4, -0.2) is 43.4 Å². The molecule has 0 fully saturated rings. The number of ether oxygens (including phenoxy) is 2. The van der Waals surface area contributed by atoms with E-state index in [4.69, 9.17) is 20.3 Å². The molecule has 0 saturated heterocycles. The molecule has 112 valence electrons. The van der Waals surface area contributed by atoms with Gasteiger partial charge in [-0.05, 0) is 12.1 Å². The zero-order chi connectivity index (χ0) is 15.4. The monoisotopic (exact) mass is 291 g/mol. The van der Waals surface area contributed by atoms with Crippen LogP contribution in [0.1, 0.15) is 10.5 Å². The summed E-state index contributed by atoms with van der Waals surface area (Å²) in [6.45, 7) is 0.00939. The maximum absolute atomic E-state index is 12.1. The van der Waals surface area contributed by atoms with Crippen molar-refractivity contribution < 1.29 is 19.4 Å². The molecule has 0 saturated carbocycles. The van der Waals surface area contributed by atoms with Gasteiger partial charge in [0.05, 0.1) is 26.5 Å². The number of anilines is 1. The number of carbonyl (C=O) groups excluding carboxylic acids is 1. The highest BCUT2D eigenvalue weighted by Crippen LogP contribution is 2.40. The average molecular weight is 291 g/mol. The third-order valence-corrected chi connectivity index (χ3v) is 3.06. The Morgan fingerprint density at radius 1 is 1.38 bits per heavy atom. The van der Waals surface area contributed by atoms with E-state index in [-0.39, 0.29) is 24.8 Å². The molecule has 1 heterocycles. The summed E-state index contributed by atoms with van der Waals surface area (Å²) in [5.41, 5.74) is 6.67. The Hall–Kier alpha value is -2.54. The molecule has 0 spiro atoms. The molecule has 7 nitrogen and oxygen atoms in total. The molecule has 1 amide bonds. The number of nitrogens with one attached hydrogen (secondary N) is 1. The van der Waals surface area contributed by atoms with Crippen molar-refractivity contribution >= 4 is 22.4 Å². The summed E-state index contributed by atoms with van der Waals surface area (Å²) < 4.78 is 10.5. The van der Waals surface area contributed by atoms with Crippen LogP contribution in [0.3, 0.4) is 0 Å². The number of nitrogens with two attached hydrogens (primary N) is 1. The maximum atomic E-state index is 12.1. The molecule has 2 rings (SSSR count). The minimum absolute atomic E-state index is 0.143. The summed E-state index contributed by atoms with van der Waals surface area (Å²) in [6, 6.07) is 3.36. The second-order valence-electron chi connectivity index (χ2n) is 4.26. The van der Waals surface area contributed by atoms with Crippen LogP contribution < -0.4 is 20.5 Å². The summed E-state index contributed by atoms with van der Waals surface area (Å²) in [6.07, 6.45) is 1.50. The molecule has 0 unspecified atom stereocenters. The predicted octanol–water partition coefficient (Wildman–Crippen LogP) is 0.556. The number of fused-ring (bicyclic) bond motifs is 1. The number of amides is 1. The van der Waals surface area contributed by atoms with Gasteiger partial charge in [-0.15, -0.1) is 0 Å². The second-order valence-corrected chi connectivity index (χ2v) is 4.26. The van der Waals surface area contributed by atoms with Gasteiger partial charge < -0.3 is 25.6 Å². The number of rotatable bonds is 5. The molecule has 0 bridgehead atoms. The van der Waals surface area contributed by atoms with Crippen molar-refractivity contribution in [2.75, 3.05) is 33.1 Å². The zero-order valence-electron chi connectivity index (χ0n) is 11.8. The first-order valence-electron chi connectivity index (χ1n) is 6.32. The predicted molar refractivity (Wildman–Crippen MR) is 78.7 cm³/mol. The first-order chi connectivity index (χ1) is 10.1. The van der Waals surface area contributed by atoms with Crippen LogP contribution in [0, 0.1) is 0 Å². The Labute approximate surface area is 121 Å². The quantitative estimate of drug-likeness (QED) is 0.695. The fraction of sp³-hybridized carbons (Fsp3) is 0.286. The van der Waals surface area contributed by atoms with Gasteiger partial charge in [0.1, 0.15) is 5.69 Å². The minimum atomic E-state index is -0.388. The molecular weight excluding hydrogens is 274 g/mol. The number of methoxy groups -OCH3 is 2. The van der Waals surface area contributed by atoms with Crippen LogP contribution >= 0.6 is 0 Å². The number of carbonyl (C=O) groups is 1. The van der Waals surface area contributed by atoms with E-state index in [2.05, 4.69) is 10.3 Å². The fourth-order valence-corrected chi connectivity index (χ4v) is 2.10. The van der Waals surface area contributed by atoms with Gasteiger partial charge in [-0.25, -0.2) is 0 Å². The first kappa shape index (κ1) is 14.9. The molecule has 2 aromatic rings. The smallest absolute Gasteiger partial charge is 0.270 e. The number of hydrogen-bond donors (Lipinski definition) is 3. The van der Waals surface area contributed by atoms with Crippen LogP contribution in [0.25, 0.3) is 10.8 Å². The molecule has 7 heteroatoms. The standard InChI is InChI=1S/C14H17N3O4/c1-20-10-7-9-8(11(15)13(10)21-2)3-4-16-12(9)14(19)17-5-6-18/h3-4,7,18H,5-6,15H2,1-2H3,(H,17,19). The van der Waals surface area contributed by atoms with E-state index in [1.54, 1.807) is 12.1 Å². The number of nitrogen functional groups attached to an aromatic ring is 1. The van der Waals surface area contributed by atoms with E-state index < -0.39 is 0 Å². The molecule has 21 heavy (non-hydrogen) atoms. The third kappa shape index (κ3) is 2.68. The van der Waals surface area contributed by atoms with Gasteiger partial charge in [-0.1, -0.05) is 0 Å². The Bertz CT molecular complexity index is 673. The molecule has 4 N–H and O–H groups in total. The largest absolute Gasteiger partial charge is 0.493 e. The van der Waals surface area contributed by atoms with E-state index in [1.165, 1.54) is 20.4 Å². The first-order valence-corrected chi connectivity index (χ1v) is 6.32. The van der Waals surface area contributed by atoms with E-state index >= 15 is 0 Å². The lowest BCUT2D eigenvalue weighted by Gasteiger charge is -2.14. The van der Waals surface area contributed by atoms with Gasteiger partial charge in [0.2, 0.25) is 0 Å². The molecule has 0 aliphatic carbocycles. The van der Waals surface area contributed by atoms with Gasteiger partial charge in [0, 0.05) is 23.5 Å². The summed E-state index contributed by atoms with van der Waals surface area (Å²) in [7, 11) is 2.99. The molecule has 0 aliphatic heterocycles. The highest BCUT2D eigenvalue weighted by Gasteiger charge is 2.18. The van der Waals surface area contributed by atoms with Gasteiger partial charge in [-0.3, -0.25) is 9.78 Å². The average Bonchev–Trinajstić information content (AvgIpc) is 2.51. The van der Waals surface area contributed by atoms with E-state index in [1.807, 2.05) is 0 Å². The number of nitrogens with zero attached hydrogens (tertiary/aromatic N) is 1. The number of hydrogen-bond acceptors (Lipinski definition) is 6. The zero-order valence-corrected chi connectivity index (χ0v) is 11.8. The molecule has 0 atom stereocenters. The van der Waals surface area contributed by atoms with Crippen molar-refractivity contribution in [3.8, 4) is 11.5 Å². The summed E-state index contributed by atoms with van der Waals surface area (Å²) >= 11 is 0. The minimum Gasteiger partial charge on any atom is -0.493 e. The summed E-state index contributed by atoms with van der Waals surface area (Å²) in [5, 5.41) is 12.5. The SMILES string of the molecule is COc1cc2c(C(=O)NCCO)nccc2c(N)c1OC. The van der Waals surface area contributed by atoms with Crippen LogP contribution in [0.2, 0.25) is 0 Å². The number of benzene rings is 1. The van der Waals surface area contributed by atoms with E-state index in [0.29, 0.717) is 28.0 Å². The molecule has 1 aromatic heterocycles. The van der Waals surface area contributed by atoms with Gasteiger partial charge in [0.25, 0.3) is 5.91 Å². The Kier molecular flexibility index (Phi) is 4.44. The van der Waals surface area contributed by atoms with E-state index in [0.717, 1.165) is 0 Å². The van der Waals surface area contributed by atoms with Crippen molar-refractivity contribution in [2.24, 2.45) is 0 Å². The Morgan fingerprint density at radius 2 is 2.14 bits per heavy atom. The number of aromatic nitrogens is 1. The Morgan fingerprint density at radius 3 is 2.76 bits per heavy atom. The normalized spacial score (nSPS) is 10.4. The molecule has 1 aromatic carbocycles. The van der Waals surface area contributed by atoms with E-state index in [9.17, 15) is 4.79 Å². The summed E-state index contributed by atoms with van der Waals surface area (Å²) in [5.74, 6) is 0.450. The lowest BCUT2D eigenvalue weighted by Crippen LogP contribution is -2.27. The molecular formula is C14H17N3O4. The number of aliphatic hydroxyl groups excluding tert-OH is 1. The fourth-order valence-electron chi connectivity index (χ4n) is 2.10. The Balaban J connectivity index is 2.64. The lowest BCUT2D eigenvalue weighted by molar-refractivity contribution is 0.0941. The highest BCUT2D eigenvalue weighted by atomic mass is 16.5. The highest BCUT2D eigenvalue weighted by molar-refractivity contribution is 6.09. The van der Waals surface area contributed by atoms with Crippen LogP contribution in [-0.2, 0) is 0 Å². The van der Waals surface area contributed by atoms with Crippen molar-refractivity contribution in [1.82, 2.24) is 10.3 Å². The number of pyridine rings is 1. The number of aliphatic hydroxyl groups is 1. The molecule has 0 radical (unpaired) electrons. The third-order valence-electron chi connectivity index (χ3n) is 3.06. The van der Waals surface area contributed by atoms with Crippen LogP contribution in [0.4, 0.5) is 5.69 Å². The van der Waals surface area contributed by atoms with Crippen LogP contribution in [0.15, 0.2) is 18.3 Å². The topological polar surface area (TPSA) is 107 Å². The van der Waals surface area contributed by atoms with Crippen molar-refractivity contribution in [1.29, 1.82) is 0 Å². The van der Waals surface area contributed by atoms with Gasteiger partial charge >= 0.3 is 0 Å². The van der Waals surface area contributed by atoms with Gasteiger partial charge in [-0.2, -0.15) is 0 Å². The van der Waals surface area contributed by atoms with Gasteiger partial charge in [0.15, 0.2) is 11.5 Å². The van der Waals surface area contributed by atoms with Crippen molar-refractivity contribution in [3.63, 3.8) is 0 Å². The lowest BCUT2D eigenvalue weighted by atomic mass is 10.1. The summed E-state index contributed by atoms with van der Waals surface area (Å²) in [4.78, 5) is 16.2. The second kappa shape index (κ2) is 6.27. The van der Waals surface area contributed by atoms with Crippen LogP contribution in [0.5, 0.6) is 11.5 Å². The van der Waals surface area contributed by atoms with Crippen molar-refractivity contribution in [2.45, 2.75) is 0 Å². The maximum Gasteiger partial charge on any atom is 0.270 e.